The largest absolute Gasteiger partial charge is 0.481 e. The zero-order valence-electron chi connectivity index (χ0n) is 15.4. The normalized spacial score (nSPS) is 17.7. The first-order chi connectivity index (χ1) is 13.5. The number of aliphatic carboxylic acids is 1. The second-order valence-corrected chi connectivity index (χ2v) is 7.32. The minimum atomic E-state index is -0.725. The van der Waals surface area contributed by atoms with Crippen LogP contribution in [-0.2, 0) is 4.79 Å². The summed E-state index contributed by atoms with van der Waals surface area (Å²) in [6.45, 7) is 2.79. The molecule has 0 amide bonds. The van der Waals surface area contributed by atoms with E-state index in [1.165, 1.54) is 12.1 Å². The number of hydrogen-bond acceptors (Lipinski definition) is 4. The summed E-state index contributed by atoms with van der Waals surface area (Å²) in [6, 6.07) is 11.9. The molecule has 0 aliphatic carbocycles. The average Bonchev–Trinajstić information content (AvgIpc) is 2.69. The Morgan fingerprint density at radius 1 is 1.32 bits per heavy atom. The number of benzene rings is 2. The van der Waals surface area contributed by atoms with E-state index in [1.807, 2.05) is 12.1 Å². The van der Waals surface area contributed by atoms with Gasteiger partial charge in [0.15, 0.2) is 0 Å². The van der Waals surface area contributed by atoms with Crippen LogP contribution in [0.4, 0.5) is 4.39 Å². The third-order valence-corrected chi connectivity index (χ3v) is 5.11. The molecule has 28 heavy (non-hydrogen) atoms. The third kappa shape index (κ3) is 5.53. The topological polar surface area (TPSA) is 64.9 Å². The lowest BCUT2D eigenvalue weighted by molar-refractivity contribution is -0.143. The molecule has 1 unspecified atom stereocenters. The van der Waals surface area contributed by atoms with Gasteiger partial charge in [-0.05, 0) is 54.8 Å². The van der Waals surface area contributed by atoms with E-state index >= 15 is 0 Å². The maximum Gasteiger partial charge on any atom is 0.307 e. The number of rotatable bonds is 7. The van der Waals surface area contributed by atoms with Gasteiger partial charge in [0.2, 0.25) is 0 Å². The van der Waals surface area contributed by atoms with E-state index < -0.39 is 5.97 Å². The number of hydrazone groups is 1. The average molecular weight is 404 g/mol. The molecule has 5 nitrogen and oxygen atoms in total. The van der Waals surface area contributed by atoms with Crippen LogP contribution < -0.4 is 5.43 Å². The van der Waals surface area contributed by atoms with Gasteiger partial charge in [0, 0.05) is 30.2 Å². The molecule has 2 N–H and O–H groups in total. The van der Waals surface area contributed by atoms with Crippen molar-refractivity contribution in [2.75, 3.05) is 26.2 Å². The van der Waals surface area contributed by atoms with E-state index in [4.69, 9.17) is 16.7 Å². The Morgan fingerprint density at radius 2 is 2.11 bits per heavy atom. The molecular weight excluding hydrogens is 381 g/mol. The molecule has 3 rings (SSSR count). The smallest absolute Gasteiger partial charge is 0.307 e. The Labute approximate surface area is 168 Å². The summed E-state index contributed by atoms with van der Waals surface area (Å²) in [6.07, 6.45) is 3.24. The van der Waals surface area contributed by atoms with Crippen LogP contribution in [0.25, 0.3) is 11.1 Å². The Balaban J connectivity index is 1.58. The number of nitrogens with one attached hydrogen (secondary N) is 1. The van der Waals surface area contributed by atoms with Crippen molar-refractivity contribution in [1.82, 2.24) is 10.3 Å². The lowest BCUT2D eigenvalue weighted by Gasteiger charge is -2.30. The lowest BCUT2D eigenvalue weighted by Crippen LogP contribution is -2.41. The Kier molecular flexibility index (Phi) is 7.01. The van der Waals surface area contributed by atoms with Crippen LogP contribution in [-0.4, -0.2) is 48.4 Å². The Hall–Kier alpha value is -2.44. The monoisotopic (exact) mass is 403 g/mol. The highest BCUT2D eigenvalue weighted by Crippen LogP contribution is 2.25. The number of hydrogen-bond donors (Lipinski definition) is 2. The van der Waals surface area contributed by atoms with Gasteiger partial charge < -0.3 is 15.4 Å². The molecule has 1 aliphatic heterocycles. The fraction of sp³-hybridized carbons (Fsp3) is 0.333. The number of carboxylic acid groups (broad SMARTS) is 1. The van der Waals surface area contributed by atoms with E-state index in [9.17, 15) is 9.18 Å². The van der Waals surface area contributed by atoms with Gasteiger partial charge >= 0.3 is 5.97 Å². The zero-order valence-corrected chi connectivity index (χ0v) is 16.2. The van der Waals surface area contributed by atoms with Gasteiger partial charge in [0.05, 0.1) is 12.1 Å². The van der Waals surface area contributed by atoms with Crippen LogP contribution in [0.3, 0.4) is 0 Å². The van der Waals surface area contributed by atoms with Crippen molar-refractivity contribution in [3.8, 4) is 11.1 Å². The van der Waals surface area contributed by atoms with Gasteiger partial charge in [0.1, 0.15) is 5.82 Å². The molecule has 1 saturated heterocycles. The molecular formula is C21H23ClFN3O2. The van der Waals surface area contributed by atoms with Crippen LogP contribution in [0.15, 0.2) is 47.6 Å². The number of likely N-dealkylation sites (tertiary alicyclic amines) is 1. The predicted molar refractivity (Wildman–Crippen MR) is 109 cm³/mol. The Bertz CT molecular complexity index is 842. The number of halogens is 2. The maximum absolute atomic E-state index is 13.7. The van der Waals surface area contributed by atoms with Gasteiger partial charge in [-0.25, -0.2) is 4.39 Å². The summed E-state index contributed by atoms with van der Waals surface area (Å²) in [5, 5.41) is 14.0. The molecule has 1 heterocycles. The lowest BCUT2D eigenvalue weighted by atomic mass is 9.98. The van der Waals surface area contributed by atoms with Crippen molar-refractivity contribution in [3.63, 3.8) is 0 Å². The molecule has 1 atom stereocenters. The first-order valence-electron chi connectivity index (χ1n) is 9.29. The van der Waals surface area contributed by atoms with Crippen LogP contribution in [0.2, 0.25) is 5.02 Å². The van der Waals surface area contributed by atoms with E-state index in [0.29, 0.717) is 30.2 Å². The van der Waals surface area contributed by atoms with Crippen molar-refractivity contribution in [2.24, 2.45) is 11.0 Å². The second kappa shape index (κ2) is 9.66. The van der Waals surface area contributed by atoms with Crippen LogP contribution in [0.1, 0.15) is 18.4 Å². The van der Waals surface area contributed by atoms with Gasteiger partial charge in [-0.1, -0.05) is 29.8 Å². The van der Waals surface area contributed by atoms with Crippen LogP contribution in [0.5, 0.6) is 0 Å². The number of piperidine rings is 1. The van der Waals surface area contributed by atoms with Crippen molar-refractivity contribution in [1.29, 1.82) is 0 Å². The van der Waals surface area contributed by atoms with Crippen molar-refractivity contribution >= 4 is 23.8 Å². The zero-order chi connectivity index (χ0) is 19.9. The minimum Gasteiger partial charge on any atom is -0.481 e. The molecule has 2 aromatic rings. The summed E-state index contributed by atoms with van der Waals surface area (Å²) in [4.78, 5) is 13.3. The van der Waals surface area contributed by atoms with Crippen molar-refractivity contribution < 1.29 is 14.3 Å². The molecule has 0 saturated carbocycles. The van der Waals surface area contributed by atoms with E-state index in [-0.39, 0.29) is 11.7 Å². The summed E-state index contributed by atoms with van der Waals surface area (Å²) < 4.78 is 13.7. The van der Waals surface area contributed by atoms with Gasteiger partial charge in [-0.3, -0.25) is 4.79 Å². The number of carbonyl (C=O) groups is 1. The molecule has 2 aromatic carbocycles. The SMILES string of the molecule is O=C(O)C1CCCN(CCN/N=C/c2cc(F)ccc2-c2ccc(Cl)cc2)C1. The third-order valence-electron chi connectivity index (χ3n) is 4.86. The van der Waals surface area contributed by atoms with Crippen molar-refractivity contribution in [3.05, 3.63) is 58.9 Å². The number of nitrogens with zero attached hydrogens (tertiary/aromatic N) is 2. The molecule has 0 radical (unpaired) electrons. The fourth-order valence-corrected chi connectivity index (χ4v) is 3.51. The highest BCUT2D eigenvalue weighted by molar-refractivity contribution is 6.30. The molecule has 1 aliphatic rings. The van der Waals surface area contributed by atoms with Gasteiger partial charge in [-0.15, -0.1) is 0 Å². The molecule has 7 heteroatoms. The summed E-state index contributed by atoms with van der Waals surface area (Å²) in [5.74, 6) is -1.34. The first kappa shape index (κ1) is 20.3. The van der Waals surface area contributed by atoms with E-state index in [1.54, 1.807) is 24.4 Å². The Morgan fingerprint density at radius 3 is 2.86 bits per heavy atom. The summed E-state index contributed by atoms with van der Waals surface area (Å²) in [5.41, 5.74) is 5.43. The second-order valence-electron chi connectivity index (χ2n) is 6.88. The standard InChI is InChI=1S/C21H23ClFN3O2/c22-18-5-3-15(4-6-18)20-8-7-19(23)12-17(20)13-25-24-9-11-26-10-1-2-16(14-26)21(27)28/h3-8,12-13,16,24H,1-2,9-11,14H2,(H,27,28)/b25-13+. The van der Waals surface area contributed by atoms with Crippen LogP contribution >= 0.6 is 11.6 Å². The fourth-order valence-electron chi connectivity index (χ4n) is 3.38. The van der Waals surface area contributed by atoms with Crippen molar-refractivity contribution in [2.45, 2.75) is 12.8 Å². The van der Waals surface area contributed by atoms with E-state index in [0.717, 1.165) is 30.5 Å². The molecule has 0 bridgehead atoms. The minimum absolute atomic E-state index is 0.286. The van der Waals surface area contributed by atoms with Gasteiger partial charge in [-0.2, -0.15) is 5.10 Å². The van der Waals surface area contributed by atoms with E-state index in [2.05, 4.69) is 15.4 Å². The first-order valence-corrected chi connectivity index (χ1v) is 9.67. The van der Waals surface area contributed by atoms with Crippen LogP contribution in [0, 0.1) is 11.7 Å². The quantitative estimate of drug-likeness (QED) is 0.418. The molecule has 148 valence electrons. The maximum atomic E-state index is 13.7. The highest BCUT2D eigenvalue weighted by Gasteiger charge is 2.24. The molecule has 1 fully saturated rings. The predicted octanol–water partition coefficient (Wildman–Crippen LogP) is 3.87. The molecule has 0 spiro atoms. The highest BCUT2D eigenvalue weighted by atomic mass is 35.5. The number of carboxylic acids is 1. The summed E-state index contributed by atoms with van der Waals surface area (Å²) in [7, 11) is 0. The summed E-state index contributed by atoms with van der Waals surface area (Å²) >= 11 is 5.94. The molecule has 0 aromatic heterocycles. The van der Waals surface area contributed by atoms with Gasteiger partial charge in [0.25, 0.3) is 0 Å².